The van der Waals surface area contributed by atoms with E-state index in [9.17, 15) is 8.78 Å². The van der Waals surface area contributed by atoms with E-state index in [0.29, 0.717) is 5.56 Å². The maximum Gasteiger partial charge on any atom is 0.162 e. The predicted molar refractivity (Wildman–Crippen MR) is 67.7 cm³/mol. The topological polar surface area (TPSA) is 25.8 Å². The van der Waals surface area contributed by atoms with Crippen LogP contribution in [0.15, 0.2) is 30.6 Å². The molecule has 2 aromatic rings. The molecule has 0 saturated heterocycles. The maximum atomic E-state index is 13.5. The lowest BCUT2D eigenvalue weighted by Gasteiger charge is -2.01. The molecular formula is C15H8F2N2. The van der Waals surface area contributed by atoms with Crippen LogP contribution in [-0.4, -0.2) is 9.97 Å². The second-order valence-corrected chi connectivity index (χ2v) is 3.54. The summed E-state index contributed by atoms with van der Waals surface area (Å²) in [5.74, 6) is 9.44. The van der Waals surface area contributed by atoms with E-state index in [1.807, 2.05) is 0 Å². The summed E-state index contributed by atoms with van der Waals surface area (Å²) in [5.41, 5.74) is 0.725. The minimum Gasteiger partial charge on any atom is -0.235 e. The number of benzene rings is 1. The van der Waals surface area contributed by atoms with Crippen molar-refractivity contribution in [3.8, 4) is 35.1 Å². The molecule has 0 amide bonds. The Morgan fingerprint density at radius 1 is 1.05 bits per heavy atom. The molecule has 0 fully saturated rings. The van der Waals surface area contributed by atoms with Crippen molar-refractivity contribution in [3.63, 3.8) is 0 Å². The highest BCUT2D eigenvalue weighted by atomic mass is 19.1. The van der Waals surface area contributed by atoms with E-state index in [4.69, 9.17) is 0 Å². The van der Waals surface area contributed by atoms with Crippen molar-refractivity contribution in [2.75, 3.05) is 0 Å². The lowest BCUT2D eigenvalue weighted by atomic mass is 10.2. The van der Waals surface area contributed by atoms with Crippen molar-refractivity contribution in [3.05, 3.63) is 47.8 Å². The molecule has 19 heavy (non-hydrogen) atoms. The van der Waals surface area contributed by atoms with Crippen LogP contribution in [0.25, 0.3) is 11.4 Å². The highest BCUT2D eigenvalue weighted by Crippen LogP contribution is 2.19. The highest BCUT2D eigenvalue weighted by molar-refractivity contribution is 5.56. The van der Waals surface area contributed by atoms with E-state index in [2.05, 4.69) is 33.6 Å². The van der Waals surface area contributed by atoms with E-state index in [-0.39, 0.29) is 11.4 Å². The van der Waals surface area contributed by atoms with Crippen LogP contribution in [0.1, 0.15) is 12.5 Å². The van der Waals surface area contributed by atoms with E-state index in [0.717, 1.165) is 12.1 Å². The fourth-order valence-electron chi connectivity index (χ4n) is 1.37. The molecular weight excluding hydrogens is 246 g/mol. The van der Waals surface area contributed by atoms with Gasteiger partial charge < -0.3 is 0 Å². The normalized spacial score (nSPS) is 9.00. The van der Waals surface area contributed by atoms with Crippen molar-refractivity contribution in [2.24, 2.45) is 0 Å². The fraction of sp³-hybridized carbons (Fsp3) is 0.0667. The molecule has 2 rings (SSSR count). The summed E-state index contributed by atoms with van der Waals surface area (Å²) < 4.78 is 26.3. The predicted octanol–water partition coefficient (Wildman–Crippen LogP) is 2.80. The summed E-state index contributed by atoms with van der Waals surface area (Å²) >= 11 is 0. The average Bonchev–Trinajstić information content (AvgIpc) is 2.40. The molecule has 1 aromatic carbocycles. The monoisotopic (exact) mass is 254 g/mol. The van der Waals surface area contributed by atoms with Gasteiger partial charge in [-0.1, -0.05) is 5.92 Å². The van der Waals surface area contributed by atoms with Gasteiger partial charge in [-0.3, -0.25) is 0 Å². The third kappa shape index (κ3) is 3.14. The molecule has 0 radical (unpaired) electrons. The summed E-state index contributed by atoms with van der Waals surface area (Å²) in [5, 5.41) is 0. The Balaban J connectivity index is 2.32. The van der Waals surface area contributed by atoms with Gasteiger partial charge in [0.15, 0.2) is 5.82 Å². The van der Waals surface area contributed by atoms with Gasteiger partial charge in [-0.2, -0.15) is 0 Å². The Labute approximate surface area is 109 Å². The first-order valence-electron chi connectivity index (χ1n) is 5.41. The highest BCUT2D eigenvalue weighted by Gasteiger charge is 2.08. The van der Waals surface area contributed by atoms with Crippen molar-refractivity contribution in [2.45, 2.75) is 6.92 Å². The molecule has 2 nitrogen and oxygen atoms in total. The number of rotatable bonds is 1. The molecule has 1 heterocycles. The van der Waals surface area contributed by atoms with Gasteiger partial charge in [0, 0.05) is 18.5 Å². The zero-order valence-corrected chi connectivity index (χ0v) is 10.0. The van der Waals surface area contributed by atoms with Crippen LogP contribution in [0.2, 0.25) is 0 Å². The molecule has 4 heteroatoms. The van der Waals surface area contributed by atoms with E-state index >= 15 is 0 Å². The van der Waals surface area contributed by atoms with Gasteiger partial charge in [0.2, 0.25) is 0 Å². The van der Waals surface area contributed by atoms with Crippen LogP contribution < -0.4 is 0 Å². The Morgan fingerprint density at radius 3 is 2.42 bits per heavy atom. The maximum absolute atomic E-state index is 13.5. The summed E-state index contributed by atoms with van der Waals surface area (Å²) in [6.07, 6.45) is 2.94. The molecule has 0 bridgehead atoms. The van der Waals surface area contributed by atoms with Crippen LogP contribution in [0, 0.1) is 35.3 Å². The van der Waals surface area contributed by atoms with Gasteiger partial charge in [-0.25, -0.2) is 18.7 Å². The first kappa shape index (κ1) is 12.7. The third-order valence-corrected chi connectivity index (χ3v) is 2.22. The lowest BCUT2D eigenvalue weighted by molar-refractivity contribution is 0.585. The van der Waals surface area contributed by atoms with Gasteiger partial charge in [-0.15, -0.1) is 0 Å². The third-order valence-electron chi connectivity index (χ3n) is 2.22. The first-order chi connectivity index (χ1) is 9.20. The van der Waals surface area contributed by atoms with Crippen LogP contribution in [0.5, 0.6) is 0 Å². The van der Waals surface area contributed by atoms with Crippen LogP contribution in [0.4, 0.5) is 8.78 Å². The smallest absolute Gasteiger partial charge is 0.162 e. The molecule has 0 atom stereocenters. The van der Waals surface area contributed by atoms with Gasteiger partial charge >= 0.3 is 0 Å². The minimum atomic E-state index is -0.698. The zero-order valence-electron chi connectivity index (χ0n) is 10.0. The summed E-state index contributed by atoms with van der Waals surface area (Å²) in [6, 6.07) is 3.25. The Kier molecular flexibility index (Phi) is 3.85. The molecule has 0 aliphatic rings. The summed E-state index contributed by atoms with van der Waals surface area (Å²) in [4.78, 5) is 7.99. The van der Waals surface area contributed by atoms with Crippen LogP contribution >= 0.6 is 0 Å². The Bertz CT molecular complexity index is 714. The van der Waals surface area contributed by atoms with Crippen LogP contribution in [-0.2, 0) is 0 Å². The van der Waals surface area contributed by atoms with Crippen molar-refractivity contribution in [1.82, 2.24) is 9.97 Å². The van der Waals surface area contributed by atoms with Crippen molar-refractivity contribution < 1.29 is 8.78 Å². The Hall–Kier alpha value is -2.72. The molecule has 0 spiro atoms. The van der Waals surface area contributed by atoms with Gasteiger partial charge in [0.05, 0.1) is 11.1 Å². The van der Waals surface area contributed by atoms with E-state index in [1.54, 1.807) is 6.92 Å². The molecule has 0 N–H and O–H groups in total. The van der Waals surface area contributed by atoms with Gasteiger partial charge in [-0.05, 0) is 36.8 Å². The SMILES string of the molecule is CC#CC#Cc1cnc(-c2ccc(F)cc2F)nc1. The Morgan fingerprint density at radius 2 is 1.79 bits per heavy atom. The number of hydrogen-bond acceptors (Lipinski definition) is 2. The average molecular weight is 254 g/mol. The molecule has 0 aliphatic carbocycles. The number of hydrogen-bond donors (Lipinski definition) is 0. The zero-order chi connectivity index (χ0) is 13.7. The lowest BCUT2D eigenvalue weighted by Crippen LogP contribution is -1.93. The summed E-state index contributed by atoms with van der Waals surface area (Å²) in [7, 11) is 0. The van der Waals surface area contributed by atoms with Gasteiger partial charge in [0.25, 0.3) is 0 Å². The number of halogens is 2. The molecule has 0 unspecified atom stereocenters. The van der Waals surface area contributed by atoms with Gasteiger partial charge in [0.1, 0.15) is 11.6 Å². The van der Waals surface area contributed by atoms with E-state index < -0.39 is 11.6 Å². The summed E-state index contributed by atoms with van der Waals surface area (Å²) in [6.45, 7) is 1.69. The second kappa shape index (κ2) is 5.75. The van der Waals surface area contributed by atoms with E-state index in [1.165, 1.54) is 18.5 Å². The molecule has 1 aromatic heterocycles. The fourth-order valence-corrected chi connectivity index (χ4v) is 1.37. The molecule has 92 valence electrons. The molecule has 0 saturated carbocycles. The van der Waals surface area contributed by atoms with Crippen molar-refractivity contribution in [1.29, 1.82) is 0 Å². The second-order valence-electron chi connectivity index (χ2n) is 3.54. The first-order valence-corrected chi connectivity index (χ1v) is 5.41. The minimum absolute atomic E-state index is 0.147. The largest absolute Gasteiger partial charge is 0.235 e. The quantitative estimate of drug-likeness (QED) is 0.731. The standard InChI is InChI=1S/C15H8F2N2/c1-2-3-4-5-11-9-18-15(19-10-11)13-7-6-12(16)8-14(13)17/h6-10H,1H3. The van der Waals surface area contributed by atoms with Crippen LogP contribution in [0.3, 0.4) is 0 Å². The molecule has 0 aliphatic heterocycles. The van der Waals surface area contributed by atoms with Crippen molar-refractivity contribution >= 4 is 0 Å². The number of nitrogens with zero attached hydrogens (tertiary/aromatic N) is 2. The number of aromatic nitrogens is 2.